The van der Waals surface area contributed by atoms with Gasteiger partial charge in [-0.15, -0.1) is 11.3 Å². The Kier molecular flexibility index (Phi) is 5.72. The number of carbonyl (C=O) groups excluding carboxylic acids is 1. The molecule has 0 bridgehead atoms. The van der Waals surface area contributed by atoms with Gasteiger partial charge in [-0.05, 0) is 67.1 Å². The molecule has 0 aliphatic carbocycles. The van der Waals surface area contributed by atoms with Crippen molar-refractivity contribution in [3.8, 4) is 11.4 Å². The summed E-state index contributed by atoms with van der Waals surface area (Å²) in [4.78, 5) is 33.2. The van der Waals surface area contributed by atoms with Crippen LogP contribution in [0.3, 0.4) is 0 Å². The van der Waals surface area contributed by atoms with E-state index >= 15 is 0 Å². The van der Waals surface area contributed by atoms with Crippen LogP contribution in [0.5, 0.6) is 5.75 Å². The van der Waals surface area contributed by atoms with Gasteiger partial charge < -0.3 is 9.64 Å². The number of fused-ring (bicyclic) bond motifs is 2. The van der Waals surface area contributed by atoms with Gasteiger partial charge >= 0.3 is 0 Å². The topological polar surface area (TPSA) is 64.4 Å². The second kappa shape index (κ2) is 8.68. The van der Waals surface area contributed by atoms with E-state index in [1.165, 1.54) is 23.1 Å². The van der Waals surface area contributed by atoms with Gasteiger partial charge in [-0.1, -0.05) is 30.0 Å². The third kappa shape index (κ3) is 4.05. The van der Waals surface area contributed by atoms with Crippen molar-refractivity contribution >= 4 is 44.9 Å². The maximum absolute atomic E-state index is 13.4. The van der Waals surface area contributed by atoms with Gasteiger partial charge in [0.1, 0.15) is 17.1 Å². The molecular formula is C25H23N3O3S2. The van der Waals surface area contributed by atoms with Crippen molar-refractivity contribution in [2.24, 2.45) is 0 Å². The molecular weight excluding hydrogens is 454 g/mol. The molecule has 4 aromatic rings. The van der Waals surface area contributed by atoms with E-state index in [1.54, 1.807) is 9.47 Å². The van der Waals surface area contributed by atoms with Gasteiger partial charge in [0.15, 0.2) is 5.16 Å². The lowest BCUT2D eigenvalue weighted by Crippen LogP contribution is -2.39. The van der Waals surface area contributed by atoms with Crippen molar-refractivity contribution in [3.63, 3.8) is 0 Å². The first kappa shape index (κ1) is 21.7. The fraction of sp³-hybridized carbons (Fsp3) is 0.240. The molecule has 33 heavy (non-hydrogen) atoms. The number of hydrogen-bond donors (Lipinski definition) is 0. The summed E-state index contributed by atoms with van der Waals surface area (Å²) in [6.45, 7) is 6.93. The Balaban J connectivity index is 1.51. The van der Waals surface area contributed by atoms with E-state index in [1.807, 2.05) is 68.6 Å². The Hall–Kier alpha value is -3.10. The van der Waals surface area contributed by atoms with Crippen LogP contribution < -0.4 is 15.2 Å². The third-order valence-corrected chi connectivity index (χ3v) is 7.47. The first-order chi connectivity index (χ1) is 15.9. The van der Waals surface area contributed by atoms with E-state index < -0.39 is 0 Å². The van der Waals surface area contributed by atoms with Gasteiger partial charge in [0.25, 0.3) is 5.56 Å². The van der Waals surface area contributed by atoms with Crippen molar-refractivity contribution in [2.75, 3.05) is 23.8 Å². The molecule has 1 aliphatic heterocycles. The Morgan fingerprint density at radius 3 is 2.67 bits per heavy atom. The fourth-order valence-corrected chi connectivity index (χ4v) is 5.59. The molecule has 2 aromatic carbocycles. The minimum Gasteiger partial charge on any atom is -0.490 e. The molecule has 8 heteroatoms. The minimum absolute atomic E-state index is 0.0395. The van der Waals surface area contributed by atoms with Crippen LogP contribution in [0.4, 0.5) is 5.69 Å². The van der Waals surface area contributed by atoms with Crippen LogP contribution >= 0.6 is 23.1 Å². The second-order valence-electron chi connectivity index (χ2n) is 8.11. The third-order valence-electron chi connectivity index (χ3n) is 5.66. The summed E-state index contributed by atoms with van der Waals surface area (Å²) in [5.74, 6) is 0.845. The summed E-state index contributed by atoms with van der Waals surface area (Å²) in [7, 11) is 0. The molecule has 0 saturated heterocycles. The van der Waals surface area contributed by atoms with Crippen molar-refractivity contribution in [1.82, 2.24) is 9.55 Å². The van der Waals surface area contributed by atoms with Gasteiger partial charge in [0.2, 0.25) is 5.91 Å². The number of nitrogens with zero attached hydrogens (tertiary/aromatic N) is 3. The lowest BCUT2D eigenvalue weighted by molar-refractivity contribution is -0.116. The molecule has 0 atom stereocenters. The molecule has 0 unspecified atom stereocenters. The minimum atomic E-state index is -0.106. The molecule has 0 radical (unpaired) electrons. The number of amides is 1. The number of aromatic nitrogens is 2. The van der Waals surface area contributed by atoms with Crippen LogP contribution in [0, 0.1) is 20.8 Å². The summed E-state index contributed by atoms with van der Waals surface area (Å²) < 4.78 is 7.98. The first-order valence-electron chi connectivity index (χ1n) is 10.7. The first-order valence-corrected chi connectivity index (χ1v) is 12.5. The molecule has 0 saturated carbocycles. The van der Waals surface area contributed by atoms with E-state index in [4.69, 9.17) is 9.72 Å². The van der Waals surface area contributed by atoms with E-state index in [2.05, 4.69) is 0 Å². The fourth-order valence-electron chi connectivity index (χ4n) is 3.95. The second-order valence-corrected chi connectivity index (χ2v) is 9.97. The molecule has 6 nitrogen and oxygen atoms in total. The summed E-state index contributed by atoms with van der Waals surface area (Å²) in [6, 6.07) is 13.7. The molecule has 0 fully saturated rings. The highest BCUT2D eigenvalue weighted by molar-refractivity contribution is 7.99. The number of ether oxygens (including phenoxy) is 1. The maximum atomic E-state index is 13.4. The van der Waals surface area contributed by atoms with Gasteiger partial charge in [-0.3, -0.25) is 14.2 Å². The SMILES string of the molecule is Cc1ccc2c(c1)N(C(=O)CSc1nc3ccsc3c(=O)n1-c1cc(C)ccc1C)CCO2. The molecule has 1 aliphatic rings. The summed E-state index contributed by atoms with van der Waals surface area (Å²) in [5, 5.41) is 2.39. The number of thiophene rings is 1. The Morgan fingerprint density at radius 2 is 1.85 bits per heavy atom. The standard InChI is InChI=1S/C25H23N3O3S2/c1-15-4-6-17(3)19(12-15)28-24(30)23-18(8-11-32-23)26-25(28)33-14-22(29)27-9-10-31-21-7-5-16(2)13-20(21)27/h4-8,11-13H,9-10,14H2,1-3H3. The lowest BCUT2D eigenvalue weighted by atomic mass is 10.1. The predicted molar refractivity (Wildman–Crippen MR) is 134 cm³/mol. The van der Waals surface area contributed by atoms with Crippen LogP contribution in [0.15, 0.2) is 57.8 Å². The van der Waals surface area contributed by atoms with Crippen LogP contribution in [0.2, 0.25) is 0 Å². The number of anilines is 1. The summed E-state index contributed by atoms with van der Waals surface area (Å²) >= 11 is 2.68. The van der Waals surface area contributed by atoms with Gasteiger partial charge in [0, 0.05) is 0 Å². The van der Waals surface area contributed by atoms with Crippen LogP contribution in [-0.2, 0) is 4.79 Å². The summed E-state index contributed by atoms with van der Waals surface area (Å²) in [5.41, 5.74) is 5.25. The zero-order valence-corrected chi connectivity index (χ0v) is 20.3. The molecule has 0 spiro atoms. The van der Waals surface area contributed by atoms with Crippen LogP contribution in [0.1, 0.15) is 16.7 Å². The van der Waals surface area contributed by atoms with E-state index in [0.29, 0.717) is 28.5 Å². The molecule has 1 amide bonds. The Morgan fingerprint density at radius 1 is 1.09 bits per heavy atom. The van der Waals surface area contributed by atoms with Crippen LogP contribution in [0.25, 0.3) is 15.9 Å². The number of aryl methyl sites for hydroxylation is 3. The predicted octanol–water partition coefficient (Wildman–Crippen LogP) is 4.89. The van der Waals surface area contributed by atoms with E-state index in [9.17, 15) is 9.59 Å². The van der Waals surface area contributed by atoms with E-state index in [-0.39, 0.29) is 17.2 Å². The van der Waals surface area contributed by atoms with Gasteiger partial charge in [0.05, 0.1) is 29.2 Å². The largest absolute Gasteiger partial charge is 0.490 e. The number of hydrogen-bond acceptors (Lipinski definition) is 6. The van der Waals surface area contributed by atoms with E-state index in [0.717, 1.165) is 33.8 Å². The zero-order chi connectivity index (χ0) is 23.1. The average Bonchev–Trinajstić information content (AvgIpc) is 3.28. The van der Waals surface area contributed by atoms with Crippen LogP contribution in [-0.4, -0.2) is 34.4 Å². The Bertz CT molecular complexity index is 1440. The number of benzene rings is 2. The number of rotatable bonds is 4. The maximum Gasteiger partial charge on any atom is 0.276 e. The average molecular weight is 478 g/mol. The number of thioether (sulfide) groups is 1. The summed E-state index contributed by atoms with van der Waals surface area (Å²) in [6.07, 6.45) is 0. The van der Waals surface area contributed by atoms with Crippen molar-refractivity contribution in [1.29, 1.82) is 0 Å². The Labute approximate surface area is 199 Å². The highest BCUT2D eigenvalue weighted by Gasteiger charge is 2.25. The van der Waals surface area contributed by atoms with Crippen molar-refractivity contribution < 1.29 is 9.53 Å². The smallest absolute Gasteiger partial charge is 0.276 e. The molecule has 168 valence electrons. The lowest BCUT2D eigenvalue weighted by Gasteiger charge is -2.29. The van der Waals surface area contributed by atoms with Gasteiger partial charge in [-0.2, -0.15) is 0 Å². The van der Waals surface area contributed by atoms with Crippen molar-refractivity contribution in [2.45, 2.75) is 25.9 Å². The normalized spacial score (nSPS) is 13.1. The molecule has 5 rings (SSSR count). The highest BCUT2D eigenvalue weighted by atomic mass is 32.2. The molecule has 0 N–H and O–H groups in total. The quantitative estimate of drug-likeness (QED) is 0.309. The van der Waals surface area contributed by atoms with Crippen molar-refractivity contribution in [3.05, 3.63) is 74.9 Å². The zero-order valence-electron chi connectivity index (χ0n) is 18.6. The molecule has 3 heterocycles. The number of carbonyl (C=O) groups is 1. The monoisotopic (exact) mass is 477 g/mol. The highest BCUT2D eigenvalue weighted by Crippen LogP contribution is 2.33. The molecule has 2 aromatic heterocycles. The van der Waals surface area contributed by atoms with Gasteiger partial charge in [-0.25, -0.2) is 4.98 Å².